The van der Waals surface area contributed by atoms with Crippen LogP contribution < -0.4 is 5.32 Å². The van der Waals surface area contributed by atoms with Crippen LogP contribution in [0.25, 0.3) is 5.69 Å². The third kappa shape index (κ3) is 3.11. The quantitative estimate of drug-likeness (QED) is 0.884. The topological polar surface area (TPSA) is 80.0 Å². The summed E-state index contributed by atoms with van der Waals surface area (Å²) < 4.78 is 1.64. The molecule has 1 aromatic heterocycles. The first-order valence-corrected chi connectivity index (χ1v) is 7.17. The molecule has 1 amide bonds. The molecule has 1 saturated carbocycles. The van der Waals surface area contributed by atoms with Gasteiger partial charge in [-0.3, -0.25) is 4.79 Å². The smallest absolute Gasteiger partial charge is 0.251 e. The van der Waals surface area contributed by atoms with Crippen LogP contribution >= 0.6 is 0 Å². The summed E-state index contributed by atoms with van der Waals surface area (Å²) in [6.45, 7) is 0.533. The van der Waals surface area contributed by atoms with Crippen LogP contribution in [0.4, 0.5) is 0 Å². The summed E-state index contributed by atoms with van der Waals surface area (Å²) in [6, 6.07) is 7.18. The van der Waals surface area contributed by atoms with E-state index in [1.807, 2.05) is 12.1 Å². The highest BCUT2D eigenvalue weighted by Gasteiger charge is 2.25. The zero-order chi connectivity index (χ0) is 14.7. The van der Waals surface area contributed by atoms with Crippen LogP contribution in [-0.2, 0) is 0 Å². The zero-order valence-corrected chi connectivity index (χ0v) is 11.6. The molecular weight excluding hydrogens is 268 g/mol. The predicted molar refractivity (Wildman–Crippen MR) is 77.0 cm³/mol. The van der Waals surface area contributed by atoms with E-state index in [1.54, 1.807) is 29.2 Å². The minimum atomic E-state index is -0.278. The van der Waals surface area contributed by atoms with E-state index in [4.69, 9.17) is 0 Å². The fraction of sp³-hybridized carbons (Fsp3) is 0.400. The molecular formula is C15H18N4O2. The van der Waals surface area contributed by atoms with Gasteiger partial charge in [0, 0.05) is 18.0 Å². The number of nitrogens with one attached hydrogen (secondary N) is 1. The summed E-state index contributed by atoms with van der Waals surface area (Å²) in [5, 5.41) is 20.3. The minimum Gasteiger partial charge on any atom is -0.393 e. The van der Waals surface area contributed by atoms with Gasteiger partial charge in [-0.1, -0.05) is 11.6 Å². The molecule has 1 aliphatic rings. The van der Waals surface area contributed by atoms with E-state index in [1.165, 1.54) is 0 Å². The van der Waals surface area contributed by atoms with Gasteiger partial charge in [-0.05, 0) is 37.1 Å². The maximum absolute atomic E-state index is 12.1. The van der Waals surface area contributed by atoms with Gasteiger partial charge in [0.25, 0.3) is 5.91 Å². The predicted octanol–water partition coefficient (Wildman–Crippen LogP) is 1.16. The molecule has 1 aromatic carbocycles. The average Bonchev–Trinajstić information content (AvgIpc) is 3.17. The SMILES string of the molecule is O=C(NCC1CCCC1O)c1ccc(-n2ccnn2)cc1. The molecule has 2 unspecified atom stereocenters. The fourth-order valence-corrected chi connectivity index (χ4v) is 2.69. The van der Waals surface area contributed by atoms with Crippen molar-refractivity contribution in [3.8, 4) is 5.69 Å². The van der Waals surface area contributed by atoms with Crippen molar-refractivity contribution >= 4 is 5.91 Å². The first-order valence-electron chi connectivity index (χ1n) is 7.17. The Morgan fingerprint density at radius 2 is 2.14 bits per heavy atom. The molecule has 6 nitrogen and oxygen atoms in total. The van der Waals surface area contributed by atoms with Crippen LogP contribution in [0, 0.1) is 5.92 Å². The van der Waals surface area contributed by atoms with Crippen LogP contribution in [0.3, 0.4) is 0 Å². The normalized spacial score (nSPS) is 21.4. The van der Waals surface area contributed by atoms with Crippen LogP contribution in [0.15, 0.2) is 36.7 Å². The van der Waals surface area contributed by atoms with Crippen molar-refractivity contribution < 1.29 is 9.90 Å². The molecule has 0 bridgehead atoms. The summed E-state index contributed by atoms with van der Waals surface area (Å²) in [4.78, 5) is 12.1. The van der Waals surface area contributed by atoms with Crippen molar-refractivity contribution in [2.24, 2.45) is 5.92 Å². The number of carbonyl (C=O) groups is 1. The molecule has 1 fully saturated rings. The van der Waals surface area contributed by atoms with Gasteiger partial charge in [0.1, 0.15) is 0 Å². The first-order chi connectivity index (χ1) is 10.2. The molecule has 6 heteroatoms. The lowest BCUT2D eigenvalue weighted by Gasteiger charge is -2.15. The molecule has 3 rings (SSSR count). The molecule has 0 aliphatic heterocycles. The lowest BCUT2D eigenvalue weighted by Crippen LogP contribution is -2.32. The average molecular weight is 286 g/mol. The molecule has 0 radical (unpaired) electrons. The molecule has 0 saturated heterocycles. The van der Waals surface area contributed by atoms with Crippen LogP contribution in [0.1, 0.15) is 29.6 Å². The van der Waals surface area contributed by atoms with Gasteiger partial charge in [-0.15, -0.1) is 5.10 Å². The van der Waals surface area contributed by atoms with Crippen LogP contribution in [0.5, 0.6) is 0 Å². The number of nitrogens with zero attached hydrogens (tertiary/aromatic N) is 3. The number of amides is 1. The number of aliphatic hydroxyl groups excluding tert-OH is 1. The van der Waals surface area contributed by atoms with Gasteiger partial charge in [0.05, 0.1) is 24.2 Å². The van der Waals surface area contributed by atoms with Crippen molar-refractivity contribution in [1.29, 1.82) is 0 Å². The molecule has 0 spiro atoms. The summed E-state index contributed by atoms with van der Waals surface area (Å²) >= 11 is 0. The molecule has 21 heavy (non-hydrogen) atoms. The Morgan fingerprint density at radius 1 is 1.33 bits per heavy atom. The Hall–Kier alpha value is -2.21. The third-order valence-corrected chi connectivity index (χ3v) is 3.96. The van der Waals surface area contributed by atoms with Crippen molar-refractivity contribution in [1.82, 2.24) is 20.3 Å². The Bertz CT molecular complexity index is 595. The number of benzene rings is 1. The van der Waals surface area contributed by atoms with Crippen molar-refractivity contribution in [2.75, 3.05) is 6.54 Å². The molecule has 1 heterocycles. The highest BCUT2D eigenvalue weighted by atomic mass is 16.3. The van der Waals surface area contributed by atoms with E-state index in [-0.39, 0.29) is 17.9 Å². The number of aliphatic hydroxyl groups is 1. The van der Waals surface area contributed by atoms with E-state index in [2.05, 4.69) is 15.6 Å². The third-order valence-electron chi connectivity index (χ3n) is 3.96. The van der Waals surface area contributed by atoms with E-state index < -0.39 is 0 Å². The molecule has 1 aliphatic carbocycles. The maximum Gasteiger partial charge on any atom is 0.251 e. The number of hydrogen-bond acceptors (Lipinski definition) is 4. The van der Waals surface area contributed by atoms with Crippen molar-refractivity contribution in [2.45, 2.75) is 25.4 Å². The van der Waals surface area contributed by atoms with E-state index >= 15 is 0 Å². The van der Waals surface area contributed by atoms with Gasteiger partial charge >= 0.3 is 0 Å². The largest absolute Gasteiger partial charge is 0.393 e. The molecule has 2 atom stereocenters. The Kier molecular flexibility index (Phi) is 3.96. The highest BCUT2D eigenvalue weighted by molar-refractivity contribution is 5.94. The highest BCUT2D eigenvalue weighted by Crippen LogP contribution is 2.24. The zero-order valence-electron chi connectivity index (χ0n) is 11.6. The van der Waals surface area contributed by atoms with Crippen LogP contribution in [0.2, 0.25) is 0 Å². The van der Waals surface area contributed by atoms with Crippen molar-refractivity contribution in [3.63, 3.8) is 0 Å². The summed E-state index contributed by atoms with van der Waals surface area (Å²) in [7, 11) is 0. The second kappa shape index (κ2) is 6.05. The monoisotopic (exact) mass is 286 g/mol. The van der Waals surface area contributed by atoms with Gasteiger partial charge in [-0.25, -0.2) is 4.68 Å². The summed E-state index contributed by atoms with van der Waals surface area (Å²) in [5.74, 6) is 0.0719. The van der Waals surface area contributed by atoms with Gasteiger partial charge in [0.2, 0.25) is 0 Å². The first kappa shape index (κ1) is 13.8. The summed E-state index contributed by atoms with van der Waals surface area (Å²) in [5.41, 5.74) is 1.46. The molecule has 110 valence electrons. The number of hydrogen-bond donors (Lipinski definition) is 2. The van der Waals surface area contributed by atoms with E-state index in [0.29, 0.717) is 12.1 Å². The Labute approximate surface area is 122 Å². The number of aromatic nitrogens is 3. The second-order valence-corrected chi connectivity index (χ2v) is 5.36. The standard InChI is InChI=1S/C15H18N4O2/c20-14-3-1-2-12(14)10-16-15(21)11-4-6-13(7-5-11)19-9-8-17-18-19/h4-9,12,14,20H,1-3,10H2,(H,16,21). The minimum absolute atomic E-state index is 0.112. The lowest BCUT2D eigenvalue weighted by molar-refractivity contribution is 0.0917. The van der Waals surface area contributed by atoms with Gasteiger partial charge in [-0.2, -0.15) is 0 Å². The van der Waals surface area contributed by atoms with E-state index in [9.17, 15) is 9.90 Å². The number of carbonyl (C=O) groups excluding carboxylic acids is 1. The van der Waals surface area contributed by atoms with Gasteiger partial charge < -0.3 is 10.4 Å². The number of rotatable bonds is 4. The maximum atomic E-state index is 12.1. The molecule has 2 N–H and O–H groups in total. The van der Waals surface area contributed by atoms with Gasteiger partial charge in [0.15, 0.2) is 0 Å². The molecule has 2 aromatic rings. The summed E-state index contributed by atoms with van der Waals surface area (Å²) in [6.07, 6.45) is 5.93. The lowest BCUT2D eigenvalue weighted by atomic mass is 10.1. The Morgan fingerprint density at radius 3 is 2.76 bits per heavy atom. The fourth-order valence-electron chi connectivity index (χ4n) is 2.69. The van der Waals surface area contributed by atoms with Crippen molar-refractivity contribution in [3.05, 3.63) is 42.2 Å². The second-order valence-electron chi connectivity index (χ2n) is 5.36. The Balaban J connectivity index is 1.60. The van der Waals surface area contributed by atoms with Crippen LogP contribution in [-0.4, -0.2) is 38.7 Å². The van der Waals surface area contributed by atoms with E-state index in [0.717, 1.165) is 24.9 Å².